The van der Waals surface area contributed by atoms with Gasteiger partial charge in [-0.3, -0.25) is 9.69 Å². The summed E-state index contributed by atoms with van der Waals surface area (Å²) in [4.78, 5) is 17.0. The van der Waals surface area contributed by atoms with E-state index >= 15 is 0 Å². The van der Waals surface area contributed by atoms with Crippen molar-refractivity contribution in [1.82, 2.24) is 9.80 Å². The molecule has 1 aromatic rings. The van der Waals surface area contributed by atoms with Crippen molar-refractivity contribution >= 4 is 15.7 Å². The summed E-state index contributed by atoms with van der Waals surface area (Å²) in [5.74, 6) is 0.677. The zero-order chi connectivity index (χ0) is 17.0. The molecule has 1 heterocycles. The number of sulfone groups is 1. The maximum Gasteiger partial charge on any atom is 0.253 e. The minimum absolute atomic E-state index is 0.0199. The lowest BCUT2D eigenvalue weighted by atomic mass is 10.1. The van der Waals surface area contributed by atoms with Gasteiger partial charge in [0.15, 0.2) is 9.84 Å². The topological polar surface area (TPSA) is 57.7 Å². The first-order valence-electron chi connectivity index (χ1n) is 8.09. The van der Waals surface area contributed by atoms with E-state index in [1.165, 1.54) is 24.8 Å². The van der Waals surface area contributed by atoms with E-state index in [0.717, 1.165) is 32.7 Å². The van der Waals surface area contributed by atoms with Crippen LogP contribution in [0.5, 0.6) is 0 Å². The lowest BCUT2D eigenvalue weighted by Gasteiger charge is -2.35. The van der Waals surface area contributed by atoms with Crippen LogP contribution in [0.2, 0.25) is 0 Å². The molecular formula is C17H26N2O3S. The van der Waals surface area contributed by atoms with Crippen molar-refractivity contribution in [3.05, 3.63) is 29.8 Å². The van der Waals surface area contributed by atoms with E-state index in [1.54, 1.807) is 12.1 Å². The molecule has 1 aliphatic heterocycles. The van der Waals surface area contributed by atoms with E-state index in [1.807, 2.05) is 4.90 Å². The maximum atomic E-state index is 12.5. The van der Waals surface area contributed by atoms with Crippen molar-refractivity contribution in [3.8, 4) is 0 Å². The number of benzene rings is 1. The first-order valence-corrected chi connectivity index (χ1v) is 9.98. The van der Waals surface area contributed by atoms with Crippen LogP contribution in [-0.2, 0) is 9.84 Å². The molecule has 0 atom stereocenters. The molecule has 128 valence electrons. The molecule has 0 N–H and O–H groups in total. The normalized spacial score (nSPS) is 16.8. The molecule has 6 heteroatoms. The van der Waals surface area contributed by atoms with E-state index in [0.29, 0.717) is 11.5 Å². The molecule has 0 bridgehead atoms. The van der Waals surface area contributed by atoms with Gasteiger partial charge >= 0.3 is 0 Å². The standard InChI is InChI=1S/C17H26N2O3S/c1-14(2)8-9-18-10-12-19(13-11-18)17(20)15-4-6-16(7-5-15)23(3,21)22/h4-7,14H,8-13H2,1-3H3. The Hall–Kier alpha value is -1.40. The molecule has 1 saturated heterocycles. The predicted molar refractivity (Wildman–Crippen MR) is 91.4 cm³/mol. The Bertz CT molecular complexity index is 630. The molecule has 0 aromatic heterocycles. The van der Waals surface area contributed by atoms with Crippen LogP contribution in [0, 0.1) is 5.92 Å². The van der Waals surface area contributed by atoms with Crippen LogP contribution >= 0.6 is 0 Å². The van der Waals surface area contributed by atoms with E-state index < -0.39 is 9.84 Å². The lowest BCUT2D eigenvalue weighted by molar-refractivity contribution is 0.0631. The minimum Gasteiger partial charge on any atom is -0.336 e. The van der Waals surface area contributed by atoms with Crippen molar-refractivity contribution in [3.63, 3.8) is 0 Å². The fourth-order valence-corrected chi connectivity index (χ4v) is 3.27. The van der Waals surface area contributed by atoms with Gasteiger partial charge in [-0.1, -0.05) is 13.8 Å². The highest BCUT2D eigenvalue weighted by Crippen LogP contribution is 2.14. The van der Waals surface area contributed by atoms with Crippen LogP contribution in [0.4, 0.5) is 0 Å². The Morgan fingerprint density at radius 2 is 1.65 bits per heavy atom. The predicted octanol–water partition coefficient (Wildman–Crippen LogP) is 1.89. The van der Waals surface area contributed by atoms with E-state index in [9.17, 15) is 13.2 Å². The number of hydrogen-bond acceptors (Lipinski definition) is 4. The zero-order valence-electron chi connectivity index (χ0n) is 14.2. The third-order valence-electron chi connectivity index (χ3n) is 4.21. The summed E-state index contributed by atoms with van der Waals surface area (Å²) in [6.07, 6.45) is 2.35. The molecule has 0 aliphatic carbocycles. The minimum atomic E-state index is -3.22. The number of amides is 1. The zero-order valence-corrected chi connectivity index (χ0v) is 15.0. The summed E-state index contributed by atoms with van der Waals surface area (Å²) in [7, 11) is -3.22. The summed E-state index contributed by atoms with van der Waals surface area (Å²) in [6.45, 7) is 8.79. The monoisotopic (exact) mass is 338 g/mol. The van der Waals surface area contributed by atoms with Gasteiger partial charge in [-0.25, -0.2) is 8.42 Å². The number of rotatable bonds is 5. The van der Waals surface area contributed by atoms with Gasteiger partial charge in [0.05, 0.1) is 4.90 Å². The molecule has 0 spiro atoms. The Labute approximate surface area is 139 Å². The SMILES string of the molecule is CC(C)CCN1CCN(C(=O)c2ccc(S(C)(=O)=O)cc2)CC1. The van der Waals surface area contributed by atoms with E-state index in [2.05, 4.69) is 18.7 Å². The van der Waals surface area contributed by atoms with Gasteiger partial charge in [0.25, 0.3) is 5.91 Å². The second kappa shape index (κ2) is 7.45. The average Bonchev–Trinajstić information content (AvgIpc) is 2.52. The first-order chi connectivity index (χ1) is 10.8. The third-order valence-corrected chi connectivity index (χ3v) is 5.34. The highest BCUT2D eigenvalue weighted by molar-refractivity contribution is 7.90. The van der Waals surface area contributed by atoms with Crippen molar-refractivity contribution in [2.75, 3.05) is 39.0 Å². The van der Waals surface area contributed by atoms with Crippen molar-refractivity contribution in [2.24, 2.45) is 5.92 Å². The largest absolute Gasteiger partial charge is 0.336 e. The van der Waals surface area contributed by atoms with Crippen molar-refractivity contribution < 1.29 is 13.2 Å². The molecule has 0 unspecified atom stereocenters. The highest BCUT2D eigenvalue weighted by Gasteiger charge is 2.22. The molecule has 1 fully saturated rings. The van der Waals surface area contributed by atoms with Crippen LogP contribution in [0.1, 0.15) is 30.6 Å². The number of piperazine rings is 1. The maximum absolute atomic E-state index is 12.5. The van der Waals surface area contributed by atoms with E-state index in [-0.39, 0.29) is 10.8 Å². The average molecular weight is 338 g/mol. The molecule has 0 radical (unpaired) electrons. The number of nitrogens with zero attached hydrogens (tertiary/aromatic N) is 2. The summed E-state index contributed by atoms with van der Waals surface area (Å²) in [6, 6.07) is 6.20. The second-order valence-corrected chi connectivity index (χ2v) is 8.63. The van der Waals surface area contributed by atoms with Crippen molar-refractivity contribution in [1.29, 1.82) is 0 Å². The van der Waals surface area contributed by atoms with Gasteiger partial charge in [-0.15, -0.1) is 0 Å². The fourth-order valence-electron chi connectivity index (χ4n) is 2.64. The smallest absolute Gasteiger partial charge is 0.253 e. The van der Waals surface area contributed by atoms with Crippen LogP contribution in [0.15, 0.2) is 29.2 Å². The van der Waals surface area contributed by atoms with Gasteiger partial charge in [-0.2, -0.15) is 0 Å². The van der Waals surface area contributed by atoms with Crippen LogP contribution in [0.3, 0.4) is 0 Å². The Balaban J connectivity index is 1.92. The summed E-state index contributed by atoms with van der Waals surface area (Å²) in [5, 5.41) is 0. The molecule has 23 heavy (non-hydrogen) atoms. The van der Waals surface area contributed by atoms with Crippen LogP contribution in [0.25, 0.3) is 0 Å². The molecule has 0 saturated carbocycles. The molecule has 1 amide bonds. The Morgan fingerprint density at radius 3 is 2.13 bits per heavy atom. The Kier molecular flexibility index (Phi) is 5.81. The fraction of sp³-hybridized carbons (Fsp3) is 0.588. The Morgan fingerprint density at radius 1 is 1.09 bits per heavy atom. The molecule has 1 aliphatic rings. The van der Waals surface area contributed by atoms with Gasteiger partial charge < -0.3 is 4.90 Å². The van der Waals surface area contributed by atoms with Gasteiger partial charge in [-0.05, 0) is 43.1 Å². The molecule has 1 aromatic carbocycles. The lowest BCUT2D eigenvalue weighted by Crippen LogP contribution is -2.49. The van der Waals surface area contributed by atoms with Crippen LogP contribution < -0.4 is 0 Å². The summed E-state index contributed by atoms with van der Waals surface area (Å²) >= 11 is 0. The number of hydrogen-bond donors (Lipinski definition) is 0. The van der Waals surface area contributed by atoms with Gasteiger partial charge in [0.2, 0.25) is 0 Å². The third kappa shape index (κ3) is 5.04. The number of carbonyl (C=O) groups excluding carboxylic acids is 1. The summed E-state index contributed by atoms with van der Waals surface area (Å²) in [5.41, 5.74) is 0.549. The molecule has 5 nitrogen and oxygen atoms in total. The first kappa shape index (κ1) is 17.9. The molecular weight excluding hydrogens is 312 g/mol. The van der Waals surface area contributed by atoms with Crippen LogP contribution in [-0.4, -0.2) is 63.1 Å². The quantitative estimate of drug-likeness (QED) is 0.823. The van der Waals surface area contributed by atoms with Crippen molar-refractivity contribution in [2.45, 2.75) is 25.2 Å². The number of carbonyl (C=O) groups is 1. The molecule has 2 rings (SSSR count). The second-order valence-electron chi connectivity index (χ2n) is 6.61. The highest BCUT2D eigenvalue weighted by atomic mass is 32.2. The van der Waals surface area contributed by atoms with Gasteiger partial charge in [0.1, 0.15) is 0 Å². The summed E-state index contributed by atoms with van der Waals surface area (Å²) < 4.78 is 22.9. The van der Waals surface area contributed by atoms with Gasteiger partial charge in [0, 0.05) is 38.0 Å². The van der Waals surface area contributed by atoms with E-state index in [4.69, 9.17) is 0 Å².